The van der Waals surface area contributed by atoms with Crippen molar-refractivity contribution in [3.63, 3.8) is 0 Å². The number of carboxylic acids is 1. The summed E-state index contributed by atoms with van der Waals surface area (Å²) in [5, 5.41) is 15.1. The molecule has 0 aromatic carbocycles. The van der Waals surface area contributed by atoms with E-state index in [9.17, 15) is 9.90 Å². The molecule has 19 heavy (non-hydrogen) atoms. The van der Waals surface area contributed by atoms with E-state index in [4.69, 9.17) is 0 Å². The minimum atomic E-state index is -0.773. The zero-order valence-corrected chi connectivity index (χ0v) is 12.7. The number of aliphatic carboxylic acids is 1. The Labute approximate surface area is 119 Å². The van der Waals surface area contributed by atoms with Crippen LogP contribution < -0.4 is 5.32 Å². The maximum atomic E-state index is 11.8. The van der Waals surface area contributed by atoms with E-state index in [-0.39, 0.29) is 5.41 Å². The summed E-state index contributed by atoms with van der Waals surface area (Å²) < 4.78 is 0. The summed E-state index contributed by atoms with van der Waals surface area (Å²) in [5.41, 5.74) is -0.691. The van der Waals surface area contributed by atoms with Gasteiger partial charge in [0.15, 0.2) is 0 Å². The fourth-order valence-corrected chi connectivity index (χ4v) is 4.26. The number of hydrogen-bond acceptors (Lipinski definition) is 3. The van der Waals surface area contributed by atoms with E-state index >= 15 is 0 Å². The number of rotatable bonds is 4. The van der Waals surface area contributed by atoms with Gasteiger partial charge in [-0.1, -0.05) is 26.8 Å². The molecule has 1 aromatic rings. The molecule has 3 nitrogen and oxygen atoms in total. The number of carboxylic acid groups (broad SMARTS) is 1. The van der Waals surface area contributed by atoms with Crippen LogP contribution >= 0.6 is 11.3 Å². The molecule has 4 heteroatoms. The lowest BCUT2D eigenvalue weighted by Gasteiger charge is -2.45. The van der Waals surface area contributed by atoms with Crippen molar-refractivity contribution in [1.82, 2.24) is 5.32 Å². The first-order valence-electron chi connectivity index (χ1n) is 6.84. The molecule has 0 spiro atoms. The summed E-state index contributed by atoms with van der Waals surface area (Å²) in [6.45, 7) is 7.15. The van der Waals surface area contributed by atoms with Gasteiger partial charge in [-0.15, -0.1) is 11.3 Å². The van der Waals surface area contributed by atoms with Gasteiger partial charge in [0.05, 0.1) is 0 Å². The van der Waals surface area contributed by atoms with Crippen molar-refractivity contribution in [1.29, 1.82) is 0 Å². The van der Waals surface area contributed by atoms with Crippen LogP contribution in [0, 0.1) is 11.3 Å². The summed E-state index contributed by atoms with van der Waals surface area (Å²) >= 11 is 1.67. The molecule has 1 aliphatic carbocycles. The number of hydrogen-bond donors (Lipinski definition) is 2. The molecule has 0 amide bonds. The average molecular weight is 281 g/mol. The van der Waals surface area contributed by atoms with Crippen LogP contribution in [-0.4, -0.2) is 16.6 Å². The molecular formula is C15H23NO2S. The first-order chi connectivity index (χ1) is 8.83. The Balaban J connectivity index is 2.15. The third kappa shape index (κ3) is 3.37. The van der Waals surface area contributed by atoms with Crippen molar-refractivity contribution in [3.05, 3.63) is 22.4 Å². The molecule has 1 saturated carbocycles. The van der Waals surface area contributed by atoms with Gasteiger partial charge in [-0.2, -0.15) is 0 Å². The van der Waals surface area contributed by atoms with Crippen LogP contribution in [0.4, 0.5) is 0 Å². The number of carbonyl (C=O) groups is 1. The van der Waals surface area contributed by atoms with Gasteiger partial charge in [0.2, 0.25) is 0 Å². The van der Waals surface area contributed by atoms with Crippen LogP contribution in [0.25, 0.3) is 0 Å². The maximum Gasteiger partial charge on any atom is 0.323 e. The van der Waals surface area contributed by atoms with Gasteiger partial charge in [0.25, 0.3) is 0 Å². The minimum absolute atomic E-state index is 0.0819. The summed E-state index contributed by atoms with van der Waals surface area (Å²) in [7, 11) is 0. The van der Waals surface area contributed by atoms with Gasteiger partial charge in [-0.25, -0.2) is 0 Å². The van der Waals surface area contributed by atoms with E-state index in [1.807, 2.05) is 17.5 Å². The van der Waals surface area contributed by atoms with Crippen LogP contribution in [0.5, 0.6) is 0 Å². The molecule has 0 radical (unpaired) electrons. The molecule has 1 fully saturated rings. The van der Waals surface area contributed by atoms with Gasteiger partial charge in [0.1, 0.15) is 5.54 Å². The molecule has 106 valence electrons. The van der Waals surface area contributed by atoms with Crippen molar-refractivity contribution < 1.29 is 9.90 Å². The Bertz CT molecular complexity index is 441. The lowest BCUT2D eigenvalue weighted by molar-refractivity contribution is -0.149. The summed E-state index contributed by atoms with van der Waals surface area (Å²) in [5.74, 6) is -0.264. The fraction of sp³-hybridized carbons (Fsp3) is 0.667. The van der Waals surface area contributed by atoms with E-state index in [2.05, 4.69) is 26.1 Å². The van der Waals surface area contributed by atoms with Gasteiger partial charge in [-0.3, -0.25) is 10.1 Å². The number of nitrogens with one attached hydrogen (secondary N) is 1. The minimum Gasteiger partial charge on any atom is -0.480 e. The predicted octanol–water partition coefficient (Wildman–Crippen LogP) is 3.51. The molecule has 2 rings (SSSR count). The topological polar surface area (TPSA) is 49.3 Å². The second kappa shape index (κ2) is 5.25. The van der Waals surface area contributed by atoms with Gasteiger partial charge < -0.3 is 5.11 Å². The van der Waals surface area contributed by atoms with E-state index in [0.29, 0.717) is 18.9 Å². The molecular weight excluding hydrogens is 258 g/mol. The second-order valence-corrected chi connectivity index (χ2v) is 7.71. The number of thiophene rings is 1. The summed E-state index contributed by atoms with van der Waals surface area (Å²) in [6.07, 6.45) is 2.52. The Kier molecular flexibility index (Phi) is 4.02. The zero-order valence-electron chi connectivity index (χ0n) is 11.9. The standard InChI is InChI=1S/C15H23NO2S/c1-11-7-14(2,3)10-15(8-11,13(17)18)16-9-12-5-4-6-19-12/h4-6,11,16H,7-10H2,1-3H3,(H,17,18). The van der Waals surface area contributed by atoms with Gasteiger partial charge in [-0.05, 0) is 42.0 Å². The molecule has 1 aromatic heterocycles. The van der Waals surface area contributed by atoms with Crippen LogP contribution in [0.2, 0.25) is 0 Å². The van der Waals surface area contributed by atoms with Gasteiger partial charge in [0, 0.05) is 11.4 Å². The second-order valence-electron chi connectivity index (χ2n) is 6.67. The Morgan fingerprint density at radius 3 is 2.79 bits per heavy atom. The normalized spacial score (nSPS) is 30.2. The summed E-state index contributed by atoms with van der Waals surface area (Å²) in [6, 6.07) is 4.05. The molecule has 2 N–H and O–H groups in total. The van der Waals surface area contributed by atoms with Crippen molar-refractivity contribution in [2.75, 3.05) is 0 Å². The predicted molar refractivity (Wildman–Crippen MR) is 78.3 cm³/mol. The molecule has 0 saturated heterocycles. The van der Waals surface area contributed by atoms with E-state index in [1.54, 1.807) is 11.3 Å². The maximum absolute atomic E-state index is 11.8. The van der Waals surface area contributed by atoms with Crippen LogP contribution in [0.3, 0.4) is 0 Å². The molecule has 1 heterocycles. The smallest absolute Gasteiger partial charge is 0.323 e. The molecule has 0 bridgehead atoms. The van der Waals surface area contributed by atoms with Crippen LogP contribution in [-0.2, 0) is 11.3 Å². The lowest BCUT2D eigenvalue weighted by Crippen LogP contribution is -2.57. The Morgan fingerprint density at radius 2 is 2.26 bits per heavy atom. The summed E-state index contributed by atoms with van der Waals surface area (Å²) in [4.78, 5) is 13.0. The van der Waals surface area contributed by atoms with E-state index in [0.717, 1.165) is 12.8 Å². The van der Waals surface area contributed by atoms with E-state index in [1.165, 1.54) is 4.88 Å². The average Bonchev–Trinajstić information content (AvgIpc) is 2.76. The molecule has 1 aliphatic rings. The first-order valence-corrected chi connectivity index (χ1v) is 7.72. The highest BCUT2D eigenvalue weighted by Crippen LogP contribution is 2.44. The van der Waals surface area contributed by atoms with Crippen molar-refractivity contribution in [2.24, 2.45) is 11.3 Å². The molecule has 0 aliphatic heterocycles. The highest BCUT2D eigenvalue weighted by molar-refractivity contribution is 7.09. The quantitative estimate of drug-likeness (QED) is 0.888. The van der Waals surface area contributed by atoms with Crippen LogP contribution in [0.1, 0.15) is 44.9 Å². The van der Waals surface area contributed by atoms with E-state index < -0.39 is 11.5 Å². The third-order valence-corrected chi connectivity index (χ3v) is 4.85. The van der Waals surface area contributed by atoms with Gasteiger partial charge >= 0.3 is 5.97 Å². The third-order valence-electron chi connectivity index (χ3n) is 3.97. The van der Waals surface area contributed by atoms with Crippen LogP contribution in [0.15, 0.2) is 17.5 Å². The zero-order chi connectivity index (χ0) is 14.1. The first kappa shape index (κ1) is 14.5. The SMILES string of the molecule is CC1CC(C)(C)CC(NCc2cccs2)(C(=O)O)C1. The van der Waals surface area contributed by atoms with Crippen molar-refractivity contribution in [3.8, 4) is 0 Å². The largest absolute Gasteiger partial charge is 0.480 e. The Morgan fingerprint density at radius 1 is 1.53 bits per heavy atom. The highest BCUT2D eigenvalue weighted by atomic mass is 32.1. The Hall–Kier alpha value is -0.870. The van der Waals surface area contributed by atoms with Crippen molar-refractivity contribution in [2.45, 2.75) is 52.1 Å². The molecule has 2 unspecified atom stereocenters. The molecule has 2 atom stereocenters. The van der Waals surface area contributed by atoms with Crippen molar-refractivity contribution >= 4 is 17.3 Å². The monoisotopic (exact) mass is 281 g/mol. The highest BCUT2D eigenvalue weighted by Gasteiger charge is 2.47. The fourth-order valence-electron chi connectivity index (χ4n) is 3.61. The lowest BCUT2D eigenvalue weighted by atomic mass is 9.64.